The number of amides is 1. The fraction of sp³-hybridized carbons (Fsp3) is 0.727. The first-order chi connectivity index (χ1) is 8.65. The lowest BCUT2D eigenvalue weighted by atomic mass is 10.2. The first kappa shape index (κ1) is 13.6. The Morgan fingerprint density at radius 2 is 2.28 bits per heavy atom. The molecule has 1 fully saturated rings. The molecule has 0 aliphatic carbocycles. The van der Waals surface area contributed by atoms with Crippen LogP contribution >= 0.6 is 23.1 Å². The van der Waals surface area contributed by atoms with E-state index in [1.165, 1.54) is 23.1 Å². The van der Waals surface area contributed by atoms with Gasteiger partial charge in [0.1, 0.15) is 0 Å². The van der Waals surface area contributed by atoms with Gasteiger partial charge in [-0.05, 0) is 38.0 Å². The lowest BCUT2D eigenvalue weighted by Gasteiger charge is -2.09. The van der Waals surface area contributed by atoms with Crippen molar-refractivity contribution in [2.45, 2.75) is 48.8 Å². The van der Waals surface area contributed by atoms with Crippen molar-refractivity contribution in [3.8, 4) is 5.19 Å². The Labute approximate surface area is 115 Å². The van der Waals surface area contributed by atoms with Crippen molar-refractivity contribution < 1.29 is 9.53 Å². The van der Waals surface area contributed by atoms with E-state index in [-0.39, 0.29) is 17.3 Å². The third-order valence-electron chi connectivity index (χ3n) is 2.45. The van der Waals surface area contributed by atoms with E-state index in [2.05, 4.69) is 15.5 Å². The molecule has 1 aliphatic rings. The van der Waals surface area contributed by atoms with Crippen LogP contribution in [0.5, 0.6) is 5.19 Å². The van der Waals surface area contributed by atoms with E-state index in [4.69, 9.17) is 4.74 Å². The molecule has 0 aromatic carbocycles. The fourth-order valence-electron chi connectivity index (χ4n) is 1.64. The van der Waals surface area contributed by atoms with E-state index in [1.807, 2.05) is 13.8 Å². The molecule has 0 spiro atoms. The zero-order valence-electron chi connectivity index (χ0n) is 10.5. The third kappa shape index (κ3) is 3.84. The highest BCUT2D eigenvalue weighted by Crippen LogP contribution is 2.33. The summed E-state index contributed by atoms with van der Waals surface area (Å²) >= 11 is 2.89. The molecule has 1 N–H and O–H groups in total. The van der Waals surface area contributed by atoms with Gasteiger partial charge >= 0.3 is 0 Å². The molecule has 100 valence electrons. The SMILES string of the molecule is CC(C)Oc1nnc(S[C@@H]2CCCCNC2=O)s1. The molecule has 5 nitrogen and oxygen atoms in total. The summed E-state index contributed by atoms with van der Waals surface area (Å²) in [5.74, 6) is 0.110. The van der Waals surface area contributed by atoms with Crippen molar-refractivity contribution in [3.05, 3.63) is 0 Å². The highest BCUT2D eigenvalue weighted by atomic mass is 32.2. The molecule has 1 amide bonds. The van der Waals surface area contributed by atoms with E-state index < -0.39 is 0 Å². The maximum atomic E-state index is 11.8. The molecule has 1 saturated heterocycles. The smallest absolute Gasteiger partial charge is 0.295 e. The van der Waals surface area contributed by atoms with Gasteiger partial charge in [-0.25, -0.2) is 0 Å². The second-order valence-electron chi connectivity index (χ2n) is 4.39. The summed E-state index contributed by atoms with van der Waals surface area (Å²) in [5.41, 5.74) is 0. The minimum atomic E-state index is -0.0488. The lowest BCUT2D eigenvalue weighted by molar-refractivity contribution is -0.120. The monoisotopic (exact) mass is 287 g/mol. The maximum absolute atomic E-state index is 11.8. The fourth-order valence-corrected chi connectivity index (χ4v) is 3.75. The average Bonchev–Trinajstić information content (AvgIpc) is 2.63. The lowest BCUT2D eigenvalue weighted by Crippen LogP contribution is -2.30. The van der Waals surface area contributed by atoms with Crippen LogP contribution in [0.2, 0.25) is 0 Å². The van der Waals surface area contributed by atoms with E-state index in [1.54, 1.807) is 0 Å². The van der Waals surface area contributed by atoms with E-state index >= 15 is 0 Å². The average molecular weight is 287 g/mol. The van der Waals surface area contributed by atoms with Crippen molar-refractivity contribution in [2.24, 2.45) is 0 Å². The molecule has 0 radical (unpaired) electrons. The molecule has 1 aromatic heterocycles. The van der Waals surface area contributed by atoms with E-state index in [0.29, 0.717) is 5.19 Å². The van der Waals surface area contributed by atoms with Gasteiger partial charge in [0.15, 0.2) is 4.34 Å². The van der Waals surface area contributed by atoms with Gasteiger partial charge < -0.3 is 10.1 Å². The predicted octanol–water partition coefficient (Wildman–Crippen LogP) is 2.09. The Hall–Kier alpha value is -0.820. The number of hydrogen-bond acceptors (Lipinski definition) is 6. The number of nitrogens with one attached hydrogen (secondary N) is 1. The topological polar surface area (TPSA) is 64.1 Å². The predicted molar refractivity (Wildman–Crippen MR) is 72.2 cm³/mol. The normalized spacial score (nSPS) is 20.6. The Bertz CT molecular complexity index is 409. The zero-order chi connectivity index (χ0) is 13.0. The van der Waals surface area contributed by atoms with Crippen LogP contribution in [0.25, 0.3) is 0 Å². The molecule has 2 heterocycles. The van der Waals surface area contributed by atoms with Crippen molar-refractivity contribution >= 4 is 29.0 Å². The van der Waals surface area contributed by atoms with Gasteiger partial charge in [0.2, 0.25) is 5.91 Å². The van der Waals surface area contributed by atoms with Crippen LogP contribution in [-0.2, 0) is 4.79 Å². The number of carbonyl (C=O) groups is 1. The third-order valence-corrected chi connectivity index (χ3v) is 4.62. The minimum Gasteiger partial charge on any atom is -0.466 e. The standard InChI is InChI=1S/C11H17N3O2S2/c1-7(2)16-10-13-14-11(18-10)17-8-5-3-4-6-12-9(8)15/h7-8H,3-6H2,1-2H3,(H,12,15)/t8-/m1/s1. The molecule has 0 saturated carbocycles. The van der Waals surface area contributed by atoms with Crippen LogP contribution in [-0.4, -0.2) is 34.0 Å². The van der Waals surface area contributed by atoms with E-state index in [9.17, 15) is 4.79 Å². The molecule has 1 aromatic rings. The highest BCUT2D eigenvalue weighted by Gasteiger charge is 2.23. The van der Waals surface area contributed by atoms with Crippen LogP contribution in [0, 0.1) is 0 Å². The van der Waals surface area contributed by atoms with Gasteiger partial charge in [-0.15, -0.1) is 5.10 Å². The zero-order valence-corrected chi connectivity index (χ0v) is 12.1. The molecular formula is C11H17N3O2S2. The second kappa shape index (κ2) is 6.38. The van der Waals surface area contributed by atoms with Gasteiger partial charge in [-0.3, -0.25) is 4.79 Å². The number of ether oxygens (including phenoxy) is 1. The summed E-state index contributed by atoms with van der Waals surface area (Å²) in [4.78, 5) is 11.8. The number of aromatic nitrogens is 2. The van der Waals surface area contributed by atoms with Gasteiger partial charge in [0.25, 0.3) is 5.19 Å². The first-order valence-corrected chi connectivity index (χ1v) is 7.79. The molecule has 1 atom stereocenters. The van der Waals surface area contributed by atoms with Crippen LogP contribution in [0.4, 0.5) is 0 Å². The van der Waals surface area contributed by atoms with Crippen LogP contribution in [0.15, 0.2) is 4.34 Å². The first-order valence-electron chi connectivity index (χ1n) is 6.09. The van der Waals surface area contributed by atoms with Crippen LogP contribution in [0.3, 0.4) is 0 Å². The highest BCUT2D eigenvalue weighted by molar-refractivity contribution is 8.02. The number of thioether (sulfide) groups is 1. The summed E-state index contributed by atoms with van der Waals surface area (Å²) in [6.07, 6.45) is 3.12. The molecule has 1 aliphatic heterocycles. The Morgan fingerprint density at radius 1 is 1.44 bits per heavy atom. The summed E-state index contributed by atoms with van der Waals surface area (Å²) in [6.45, 7) is 4.69. The summed E-state index contributed by atoms with van der Waals surface area (Å²) in [7, 11) is 0. The van der Waals surface area contributed by atoms with Crippen molar-refractivity contribution in [3.63, 3.8) is 0 Å². The van der Waals surface area contributed by atoms with Crippen molar-refractivity contribution in [2.75, 3.05) is 6.54 Å². The molecule has 0 bridgehead atoms. The molecule has 2 rings (SSSR count). The molecule has 18 heavy (non-hydrogen) atoms. The quantitative estimate of drug-likeness (QED) is 0.918. The maximum Gasteiger partial charge on any atom is 0.295 e. The number of carbonyl (C=O) groups excluding carboxylic acids is 1. The number of nitrogens with zero attached hydrogens (tertiary/aromatic N) is 2. The molecular weight excluding hydrogens is 270 g/mol. The Balaban J connectivity index is 1.95. The van der Waals surface area contributed by atoms with Gasteiger partial charge in [0, 0.05) is 6.54 Å². The summed E-state index contributed by atoms with van der Waals surface area (Å²) in [5, 5.41) is 11.5. The number of rotatable bonds is 4. The Kier molecular flexibility index (Phi) is 4.82. The summed E-state index contributed by atoms with van der Waals surface area (Å²) in [6, 6.07) is 0. The van der Waals surface area contributed by atoms with Gasteiger partial charge in [-0.1, -0.05) is 23.3 Å². The van der Waals surface area contributed by atoms with Crippen LogP contribution < -0.4 is 10.1 Å². The van der Waals surface area contributed by atoms with Crippen LogP contribution in [0.1, 0.15) is 33.1 Å². The van der Waals surface area contributed by atoms with Gasteiger partial charge in [0.05, 0.1) is 11.4 Å². The molecule has 0 unspecified atom stereocenters. The summed E-state index contributed by atoms with van der Waals surface area (Å²) < 4.78 is 6.27. The van der Waals surface area contributed by atoms with Gasteiger partial charge in [-0.2, -0.15) is 0 Å². The largest absolute Gasteiger partial charge is 0.466 e. The minimum absolute atomic E-state index is 0.0488. The second-order valence-corrected chi connectivity index (χ2v) is 6.78. The molecule has 7 heteroatoms. The van der Waals surface area contributed by atoms with Crippen molar-refractivity contribution in [1.82, 2.24) is 15.5 Å². The van der Waals surface area contributed by atoms with E-state index in [0.717, 1.165) is 30.1 Å². The Morgan fingerprint density at radius 3 is 3.06 bits per heavy atom. The number of hydrogen-bond donors (Lipinski definition) is 1. The van der Waals surface area contributed by atoms with Crippen molar-refractivity contribution in [1.29, 1.82) is 0 Å².